The highest BCUT2D eigenvalue weighted by atomic mass is 19.4. The van der Waals surface area contributed by atoms with E-state index >= 15 is 0 Å². The minimum Gasteiger partial charge on any atom is -0.472 e. The summed E-state index contributed by atoms with van der Waals surface area (Å²) >= 11 is 0. The second-order valence-electron chi connectivity index (χ2n) is 9.32. The number of pyridine rings is 2. The summed E-state index contributed by atoms with van der Waals surface area (Å²) in [6.07, 6.45) is -2.82. The number of halogens is 3. The third-order valence-corrected chi connectivity index (χ3v) is 6.47. The first kappa shape index (κ1) is 27.6. The van der Waals surface area contributed by atoms with Crippen LogP contribution in [0, 0.1) is 0 Å². The molecule has 3 heterocycles. The molecule has 0 unspecified atom stereocenters. The van der Waals surface area contributed by atoms with Gasteiger partial charge in [0.2, 0.25) is 5.88 Å². The highest BCUT2D eigenvalue weighted by molar-refractivity contribution is 6.07. The molecule has 0 radical (unpaired) electrons. The summed E-state index contributed by atoms with van der Waals surface area (Å²) in [6.45, 7) is 0.862. The number of carbonyl (C=O) groups excluding carboxylic acids is 2. The van der Waals surface area contributed by atoms with Crippen molar-refractivity contribution in [2.24, 2.45) is 0 Å². The summed E-state index contributed by atoms with van der Waals surface area (Å²) in [5.74, 6) is -0.570. The molecule has 1 saturated heterocycles. The average molecular weight is 563 g/mol. The number of aromatic nitrogens is 2. The van der Waals surface area contributed by atoms with Gasteiger partial charge in [-0.3, -0.25) is 15.1 Å². The third-order valence-electron chi connectivity index (χ3n) is 6.47. The molecule has 0 bridgehead atoms. The van der Waals surface area contributed by atoms with Gasteiger partial charge in [-0.2, -0.15) is 13.2 Å². The fourth-order valence-electron chi connectivity index (χ4n) is 4.44. The van der Waals surface area contributed by atoms with E-state index in [2.05, 4.69) is 15.3 Å². The van der Waals surface area contributed by atoms with E-state index in [-0.39, 0.29) is 24.2 Å². The first-order valence-electron chi connectivity index (χ1n) is 12.8. The zero-order valence-corrected chi connectivity index (χ0v) is 21.7. The zero-order chi connectivity index (χ0) is 28.8. The van der Waals surface area contributed by atoms with Gasteiger partial charge in [-0.1, -0.05) is 42.5 Å². The Hall–Kier alpha value is -4.93. The molecule has 2 aromatic carbocycles. The molecule has 210 valence electrons. The maximum atomic E-state index is 13.3. The molecule has 1 atom stereocenters. The standard InChI is InChI=1S/C30H25F3N4O4/c31-30(32,33)22-10-12-27(35-17-22)41-23-13-15-37(18-23)26-11-9-21(25-8-4-5-14-34-25)16-24(26)28(38)36-29(39)40-19-20-6-2-1-3-7-20/h1-12,14,16-17,23H,13,15,18-19H2,(H,36,38,39)/t23-/m0/s1. The van der Waals surface area contributed by atoms with Crippen LogP contribution in [0.15, 0.2) is 91.3 Å². The van der Waals surface area contributed by atoms with Crippen molar-refractivity contribution < 1.29 is 32.2 Å². The lowest BCUT2D eigenvalue weighted by Crippen LogP contribution is -2.33. The molecule has 41 heavy (non-hydrogen) atoms. The molecule has 4 aromatic rings. The van der Waals surface area contributed by atoms with E-state index in [0.29, 0.717) is 36.5 Å². The Morgan fingerprint density at radius 1 is 0.976 bits per heavy atom. The van der Waals surface area contributed by atoms with Crippen molar-refractivity contribution in [1.29, 1.82) is 0 Å². The van der Waals surface area contributed by atoms with Gasteiger partial charge in [0.25, 0.3) is 5.91 Å². The van der Waals surface area contributed by atoms with Gasteiger partial charge in [0.05, 0.1) is 23.4 Å². The Balaban J connectivity index is 1.31. The van der Waals surface area contributed by atoms with Crippen molar-refractivity contribution >= 4 is 17.7 Å². The van der Waals surface area contributed by atoms with Gasteiger partial charge >= 0.3 is 12.3 Å². The smallest absolute Gasteiger partial charge is 0.417 e. The summed E-state index contributed by atoms with van der Waals surface area (Å²) < 4.78 is 49.6. The van der Waals surface area contributed by atoms with Crippen molar-refractivity contribution in [2.45, 2.75) is 25.3 Å². The lowest BCUT2D eigenvalue weighted by atomic mass is 10.0. The van der Waals surface area contributed by atoms with Crippen LogP contribution in [-0.4, -0.2) is 41.2 Å². The molecule has 11 heteroatoms. The molecule has 1 aliphatic heterocycles. The summed E-state index contributed by atoms with van der Waals surface area (Å²) in [7, 11) is 0. The molecule has 5 rings (SSSR count). The predicted molar refractivity (Wildman–Crippen MR) is 144 cm³/mol. The average Bonchev–Trinajstić information content (AvgIpc) is 3.45. The highest BCUT2D eigenvalue weighted by Crippen LogP contribution is 2.32. The fourth-order valence-corrected chi connectivity index (χ4v) is 4.44. The summed E-state index contributed by atoms with van der Waals surface area (Å²) in [6, 6.07) is 21.9. The van der Waals surface area contributed by atoms with Crippen LogP contribution in [0.1, 0.15) is 27.9 Å². The maximum absolute atomic E-state index is 13.3. The molecule has 2 amide bonds. The SMILES string of the molecule is O=C(NC(=O)c1cc(-c2ccccn2)ccc1N1CC[C@H](Oc2ccc(C(F)(F)F)cn2)C1)OCc1ccccc1. The van der Waals surface area contributed by atoms with Crippen LogP contribution in [-0.2, 0) is 17.5 Å². The van der Waals surface area contributed by atoms with Crippen molar-refractivity contribution in [3.63, 3.8) is 0 Å². The van der Waals surface area contributed by atoms with Crippen LogP contribution in [0.3, 0.4) is 0 Å². The number of rotatable bonds is 7. The van der Waals surface area contributed by atoms with Gasteiger partial charge in [0.1, 0.15) is 12.7 Å². The fraction of sp³-hybridized carbons (Fsp3) is 0.200. The molecule has 8 nitrogen and oxygen atoms in total. The van der Waals surface area contributed by atoms with E-state index in [4.69, 9.17) is 9.47 Å². The second-order valence-corrected chi connectivity index (χ2v) is 9.32. The number of alkyl carbamates (subject to hydrolysis) is 1. The number of nitrogens with one attached hydrogen (secondary N) is 1. The van der Waals surface area contributed by atoms with Gasteiger partial charge < -0.3 is 14.4 Å². The van der Waals surface area contributed by atoms with Crippen molar-refractivity contribution in [3.8, 4) is 17.1 Å². The number of ether oxygens (including phenoxy) is 2. The van der Waals surface area contributed by atoms with Crippen LogP contribution in [0.2, 0.25) is 0 Å². The van der Waals surface area contributed by atoms with Crippen molar-refractivity contribution in [3.05, 3.63) is 108 Å². The normalized spacial score (nSPS) is 14.9. The van der Waals surface area contributed by atoms with Crippen LogP contribution < -0.4 is 15.0 Å². The second kappa shape index (κ2) is 12.1. The minimum atomic E-state index is -4.48. The van der Waals surface area contributed by atoms with Gasteiger partial charge in [-0.05, 0) is 35.9 Å². The molecule has 0 aliphatic carbocycles. The molecule has 1 aliphatic rings. The van der Waals surface area contributed by atoms with Crippen LogP contribution in [0.25, 0.3) is 11.3 Å². The molecular formula is C30H25F3N4O4. The van der Waals surface area contributed by atoms with Gasteiger partial charge in [0.15, 0.2) is 0 Å². The number of imide groups is 1. The number of hydrogen-bond donors (Lipinski definition) is 1. The van der Waals surface area contributed by atoms with Crippen LogP contribution in [0.4, 0.5) is 23.7 Å². The summed E-state index contributed by atoms with van der Waals surface area (Å²) in [4.78, 5) is 35.8. The Labute approximate surface area is 233 Å². The molecule has 1 N–H and O–H groups in total. The van der Waals surface area contributed by atoms with Crippen LogP contribution in [0.5, 0.6) is 5.88 Å². The number of nitrogens with zero attached hydrogens (tertiary/aromatic N) is 3. The monoisotopic (exact) mass is 562 g/mol. The van der Waals surface area contributed by atoms with E-state index in [1.165, 1.54) is 6.07 Å². The number of alkyl halides is 3. The summed E-state index contributed by atoms with van der Waals surface area (Å²) in [5.41, 5.74) is 2.04. The van der Waals surface area contributed by atoms with Crippen molar-refractivity contribution in [2.75, 3.05) is 18.0 Å². The number of anilines is 1. The summed E-state index contributed by atoms with van der Waals surface area (Å²) in [5, 5.41) is 2.30. The lowest BCUT2D eigenvalue weighted by molar-refractivity contribution is -0.137. The van der Waals surface area contributed by atoms with E-state index in [9.17, 15) is 22.8 Å². The first-order valence-corrected chi connectivity index (χ1v) is 12.8. The van der Waals surface area contributed by atoms with Gasteiger partial charge in [-0.15, -0.1) is 0 Å². The van der Waals surface area contributed by atoms with E-state index in [1.54, 1.807) is 36.5 Å². The Morgan fingerprint density at radius 3 is 2.49 bits per heavy atom. The van der Waals surface area contributed by atoms with Crippen LogP contribution >= 0.6 is 0 Å². The molecular weight excluding hydrogens is 537 g/mol. The molecule has 0 saturated carbocycles. The van der Waals surface area contributed by atoms with Crippen molar-refractivity contribution in [1.82, 2.24) is 15.3 Å². The molecule has 2 aromatic heterocycles. The van der Waals surface area contributed by atoms with Gasteiger partial charge in [-0.25, -0.2) is 9.78 Å². The Morgan fingerprint density at radius 2 is 1.78 bits per heavy atom. The van der Waals surface area contributed by atoms with E-state index in [1.807, 2.05) is 41.3 Å². The third kappa shape index (κ3) is 6.99. The highest BCUT2D eigenvalue weighted by Gasteiger charge is 2.32. The molecule has 1 fully saturated rings. The minimum absolute atomic E-state index is 0.00388. The lowest BCUT2D eigenvalue weighted by Gasteiger charge is -2.22. The number of benzene rings is 2. The topological polar surface area (TPSA) is 93.7 Å². The number of amides is 2. The first-order chi connectivity index (χ1) is 19.8. The quantitative estimate of drug-likeness (QED) is 0.300. The Kier molecular flexibility index (Phi) is 8.14. The number of hydrogen-bond acceptors (Lipinski definition) is 7. The number of carbonyl (C=O) groups is 2. The molecule has 0 spiro atoms. The predicted octanol–water partition coefficient (Wildman–Crippen LogP) is 5.89. The maximum Gasteiger partial charge on any atom is 0.417 e. The van der Waals surface area contributed by atoms with Gasteiger partial charge in [0, 0.05) is 42.7 Å². The van der Waals surface area contributed by atoms with E-state index in [0.717, 1.165) is 17.8 Å². The largest absolute Gasteiger partial charge is 0.472 e. The Bertz CT molecular complexity index is 1500. The zero-order valence-electron chi connectivity index (χ0n) is 21.7. The van der Waals surface area contributed by atoms with E-state index < -0.39 is 23.7 Å².